The smallest absolute Gasteiger partial charge is 0.191 e. The second-order valence-electron chi connectivity index (χ2n) is 6.90. The molecule has 2 rings (SSSR count). The van der Waals surface area contributed by atoms with E-state index in [2.05, 4.69) is 74.4 Å². The molecular formula is C19H33IN4. The third-order valence-corrected chi connectivity index (χ3v) is 4.71. The number of halogens is 1. The summed E-state index contributed by atoms with van der Waals surface area (Å²) in [5.41, 5.74) is 2.58. The number of likely N-dealkylation sites (tertiary alicyclic amines) is 1. The minimum absolute atomic E-state index is 0. The van der Waals surface area contributed by atoms with Crippen molar-refractivity contribution in [2.75, 3.05) is 19.6 Å². The number of hydrogen-bond donors (Lipinski definition) is 2. The Labute approximate surface area is 164 Å². The Morgan fingerprint density at radius 2 is 2.00 bits per heavy atom. The van der Waals surface area contributed by atoms with E-state index in [0.717, 1.165) is 32.1 Å². The van der Waals surface area contributed by atoms with Crippen molar-refractivity contribution in [1.82, 2.24) is 15.5 Å². The van der Waals surface area contributed by atoms with Crippen LogP contribution in [0.2, 0.25) is 0 Å². The average molecular weight is 444 g/mol. The van der Waals surface area contributed by atoms with E-state index in [-0.39, 0.29) is 24.0 Å². The monoisotopic (exact) mass is 444 g/mol. The van der Waals surface area contributed by atoms with E-state index in [1.807, 2.05) is 0 Å². The zero-order valence-corrected chi connectivity index (χ0v) is 18.0. The Hall–Kier alpha value is -0.820. The maximum Gasteiger partial charge on any atom is 0.191 e. The van der Waals surface area contributed by atoms with Crippen LogP contribution in [0, 0.1) is 12.8 Å². The lowest BCUT2D eigenvalue weighted by Crippen LogP contribution is -2.46. The molecule has 136 valence electrons. The molecule has 1 saturated heterocycles. The number of aliphatic imine (C=N–C) groups is 1. The topological polar surface area (TPSA) is 39.7 Å². The van der Waals surface area contributed by atoms with E-state index in [1.165, 1.54) is 11.1 Å². The van der Waals surface area contributed by atoms with Crippen LogP contribution in [0.4, 0.5) is 0 Å². The van der Waals surface area contributed by atoms with E-state index < -0.39 is 0 Å². The van der Waals surface area contributed by atoms with Gasteiger partial charge in [0, 0.05) is 31.7 Å². The van der Waals surface area contributed by atoms with Gasteiger partial charge >= 0.3 is 0 Å². The molecule has 0 bridgehead atoms. The highest BCUT2D eigenvalue weighted by Gasteiger charge is 2.31. The molecular weight excluding hydrogens is 411 g/mol. The first kappa shape index (κ1) is 21.2. The lowest BCUT2D eigenvalue weighted by Gasteiger charge is -2.22. The molecule has 4 nitrogen and oxygen atoms in total. The van der Waals surface area contributed by atoms with Gasteiger partial charge < -0.3 is 10.6 Å². The molecule has 1 aliphatic rings. The van der Waals surface area contributed by atoms with Crippen molar-refractivity contribution in [1.29, 1.82) is 0 Å². The van der Waals surface area contributed by atoms with Gasteiger partial charge in [0.15, 0.2) is 5.96 Å². The van der Waals surface area contributed by atoms with E-state index in [4.69, 9.17) is 4.99 Å². The van der Waals surface area contributed by atoms with Crippen molar-refractivity contribution in [3.05, 3.63) is 35.4 Å². The molecule has 0 aromatic heterocycles. The first-order valence-corrected chi connectivity index (χ1v) is 8.84. The third kappa shape index (κ3) is 5.92. The first-order chi connectivity index (χ1) is 11.0. The SMILES string of the molecule is CCNC(=NCc1ccccc1C)NC1CN(C(C)C)CC1C.I. The second kappa shape index (κ2) is 10.2. The van der Waals surface area contributed by atoms with Crippen molar-refractivity contribution in [3.63, 3.8) is 0 Å². The number of nitrogens with one attached hydrogen (secondary N) is 2. The fraction of sp³-hybridized carbons (Fsp3) is 0.632. The van der Waals surface area contributed by atoms with Gasteiger partial charge in [-0.15, -0.1) is 24.0 Å². The summed E-state index contributed by atoms with van der Waals surface area (Å²) in [7, 11) is 0. The molecule has 1 aromatic carbocycles. The highest BCUT2D eigenvalue weighted by atomic mass is 127. The first-order valence-electron chi connectivity index (χ1n) is 8.84. The minimum Gasteiger partial charge on any atom is -0.357 e. The molecule has 1 fully saturated rings. The number of rotatable bonds is 5. The maximum atomic E-state index is 4.79. The van der Waals surface area contributed by atoms with E-state index in [0.29, 0.717) is 18.0 Å². The quantitative estimate of drug-likeness (QED) is 0.416. The Balaban J connectivity index is 0.00000288. The summed E-state index contributed by atoms with van der Waals surface area (Å²) in [6.45, 7) is 15.0. The number of nitrogens with zero attached hydrogens (tertiary/aromatic N) is 2. The highest BCUT2D eigenvalue weighted by molar-refractivity contribution is 14.0. The molecule has 1 heterocycles. The van der Waals surface area contributed by atoms with Crippen molar-refractivity contribution in [3.8, 4) is 0 Å². The van der Waals surface area contributed by atoms with E-state index in [1.54, 1.807) is 0 Å². The molecule has 2 atom stereocenters. The van der Waals surface area contributed by atoms with Crippen LogP contribution in [-0.2, 0) is 6.54 Å². The molecule has 0 aliphatic carbocycles. The lowest BCUT2D eigenvalue weighted by molar-refractivity contribution is 0.265. The molecule has 2 N–H and O–H groups in total. The van der Waals surface area contributed by atoms with Crippen molar-refractivity contribution >= 4 is 29.9 Å². The van der Waals surface area contributed by atoms with Crippen LogP contribution in [0.1, 0.15) is 38.8 Å². The van der Waals surface area contributed by atoms with Gasteiger partial charge in [0.2, 0.25) is 0 Å². The molecule has 0 saturated carbocycles. The summed E-state index contributed by atoms with van der Waals surface area (Å²) >= 11 is 0. The Morgan fingerprint density at radius 3 is 2.58 bits per heavy atom. The molecule has 2 unspecified atom stereocenters. The number of hydrogen-bond acceptors (Lipinski definition) is 2. The van der Waals surface area contributed by atoms with Gasteiger partial charge in [-0.3, -0.25) is 4.90 Å². The summed E-state index contributed by atoms with van der Waals surface area (Å²) in [6.07, 6.45) is 0. The molecule has 1 aliphatic heterocycles. The van der Waals surface area contributed by atoms with Crippen LogP contribution in [-0.4, -0.2) is 42.6 Å². The van der Waals surface area contributed by atoms with Crippen LogP contribution in [0.25, 0.3) is 0 Å². The summed E-state index contributed by atoms with van der Waals surface area (Å²) in [4.78, 5) is 7.32. The van der Waals surface area contributed by atoms with E-state index >= 15 is 0 Å². The second-order valence-corrected chi connectivity index (χ2v) is 6.90. The van der Waals surface area contributed by atoms with Gasteiger partial charge in [0.1, 0.15) is 0 Å². The summed E-state index contributed by atoms with van der Waals surface area (Å²) in [6, 6.07) is 9.53. The van der Waals surface area contributed by atoms with Crippen molar-refractivity contribution in [2.45, 2.75) is 53.2 Å². The van der Waals surface area contributed by atoms with Crippen molar-refractivity contribution in [2.24, 2.45) is 10.9 Å². The van der Waals surface area contributed by atoms with Crippen LogP contribution in [0.15, 0.2) is 29.3 Å². The lowest BCUT2D eigenvalue weighted by atomic mass is 10.1. The summed E-state index contributed by atoms with van der Waals surface area (Å²) in [5, 5.41) is 7.02. The molecule has 24 heavy (non-hydrogen) atoms. The van der Waals surface area contributed by atoms with Crippen LogP contribution in [0.3, 0.4) is 0 Å². The zero-order chi connectivity index (χ0) is 16.8. The molecule has 0 spiro atoms. The van der Waals surface area contributed by atoms with Gasteiger partial charge in [-0.05, 0) is 44.7 Å². The summed E-state index contributed by atoms with van der Waals surface area (Å²) in [5.74, 6) is 1.57. The normalized spacial score (nSPS) is 21.7. The molecule has 0 radical (unpaired) electrons. The fourth-order valence-corrected chi connectivity index (χ4v) is 3.06. The summed E-state index contributed by atoms with van der Waals surface area (Å²) < 4.78 is 0. The number of guanidine groups is 1. The van der Waals surface area contributed by atoms with Crippen LogP contribution >= 0.6 is 24.0 Å². The van der Waals surface area contributed by atoms with Gasteiger partial charge in [0.05, 0.1) is 6.54 Å². The number of aryl methyl sites for hydroxylation is 1. The van der Waals surface area contributed by atoms with Gasteiger partial charge in [0.25, 0.3) is 0 Å². The molecule has 5 heteroatoms. The van der Waals surface area contributed by atoms with Gasteiger partial charge in [-0.1, -0.05) is 31.2 Å². The van der Waals surface area contributed by atoms with Gasteiger partial charge in [-0.25, -0.2) is 4.99 Å². The van der Waals surface area contributed by atoms with Gasteiger partial charge in [-0.2, -0.15) is 0 Å². The fourth-order valence-electron chi connectivity index (χ4n) is 3.06. The standard InChI is InChI=1S/C19H32N4.HI/c1-6-20-19(21-11-17-10-8-7-9-15(17)4)22-18-13-23(14(2)3)12-16(18)5;/h7-10,14,16,18H,6,11-13H2,1-5H3,(H2,20,21,22);1H. The minimum atomic E-state index is 0. The Bertz CT molecular complexity index is 530. The third-order valence-electron chi connectivity index (χ3n) is 4.71. The van der Waals surface area contributed by atoms with E-state index in [9.17, 15) is 0 Å². The maximum absolute atomic E-state index is 4.79. The van der Waals surface area contributed by atoms with Crippen LogP contribution in [0.5, 0.6) is 0 Å². The Morgan fingerprint density at radius 1 is 1.29 bits per heavy atom. The number of benzene rings is 1. The predicted octanol–water partition coefficient (Wildman–Crippen LogP) is 3.40. The van der Waals surface area contributed by atoms with Crippen molar-refractivity contribution < 1.29 is 0 Å². The molecule has 1 aromatic rings. The Kier molecular flexibility index (Phi) is 9.05. The zero-order valence-electron chi connectivity index (χ0n) is 15.7. The van der Waals surface area contributed by atoms with Crippen LogP contribution < -0.4 is 10.6 Å². The average Bonchev–Trinajstić information content (AvgIpc) is 2.88. The molecule has 0 amide bonds. The predicted molar refractivity (Wildman–Crippen MR) is 114 cm³/mol. The highest BCUT2D eigenvalue weighted by Crippen LogP contribution is 2.18. The largest absolute Gasteiger partial charge is 0.357 e.